The summed E-state index contributed by atoms with van der Waals surface area (Å²) in [6.45, 7) is 1.93. The van der Waals surface area contributed by atoms with Crippen LogP contribution in [0.4, 0.5) is 0 Å². The van der Waals surface area contributed by atoms with Crippen molar-refractivity contribution in [1.82, 2.24) is 19.9 Å². The van der Waals surface area contributed by atoms with Gasteiger partial charge in [-0.1, -0.05) is 0 Å². The van der Waals surface area contributed by atoms with Crippen molar-refractivity contribution in [2.75, 3.05) is 13.6 Å². The molecule has 0 saturated heterocycles. The van der Waals surface area contributed by atoms with Crippen LogP contribution in [0, 0.1) is 0 Å². The van der Waals surface area contributed by atoms with E-state index in [1.54, 1.807) is 6.20 Å². The molecule has 2 aromatic heterocycles. The van der Waals surface area contributed by atoms with Crippen LogP contribution in [0.25, 0.3) is 11.7 Å². The average Bonchev–Trinajstić information content (AvgIpc) is 2.81. The Bertz CT molecular complexity index is 495. The van der Waals surface area contributed by atoms with Gasteiger partial charge in [-0.15, -0.1) is 0 Å². The Balaban J connectivity index is 2.01. The van der Waals surface area contributed by atoms with Crippen LogP contribution in [0.5, 0.6) is 0 Å². The van der Waals surface area contributed by atoms with Crippen molar-refractivity contribution in [3.8, 4) is 11.7 Å². The molecule has 1 aliphatic heterocycles. The predicted molar refractivity (Wildman–Crippen MR) is 57.6 cm³/mol. The number of fused-ring (bicyclic) bond motifs is 1. The Hall–Kier alpha value is -1.75. The second kappa shape index (κ2) is 3.68. The van der Waals surface area contributed by atoms with E-state index in [0.29, 0.717) is 11.7 Å². The standard InChI is InChI=1S/C11H12N4O/c1-15-4-2-8-6-13-10(14-9(8)7-15)11-12-3-5-16-11/h3,5-6H,2,4,7H2,1H3. The van der Waals surface area contributed by atoms with E-state index >= 15 is 0 Å². The smallest absolute Gasteiger partial charge is 0.264 e. The highest BCUT2D eigenvalue weighted by Gasteiger charge is 2.17. The summed E-state index contributed by atoms with van der Waals surface area (Å²) in [7, 11) is 2.09. The van der Waals surface area contributed by atoms with Crippen LogP contribution in [0.1, 0.15) is 11.3 Å². The molecule has 0 radical (unpaired) electrons. The highest BCUT2D eigenvalue weighted by Crippen LogP contribution is 2.18. The molecule has 0 aliphatic carbocycles. The molecule has 5 nitrogen and oxygen atoms in total. The molecular weight excluding hydrogens is 204 g/mol. The van der Waals surface area contributed by atoms with E-state index in [1.807, 2.05) is 6.20 Å². The lowest BCUT2D eigenvalue weighted by molar-refractivity contribution is 0.307. The zero-order valence-electron chi connectivity index (χ0n) is 9.05. The highest BCUT2D eigenvalue weighted by atomic mass is 16.3. The third-order valence-corrected chi connectivity index (χ3v) is 2.76. The molecule has 0 atom stereocenters. The molecule has 0 saturated carbocycles. The Kier molecular flexibility index (Phi) is 2.18. The first-order chi connectivity index (χ1) is 7.83. The third-order valence-electron chi connectivity index (χ3n) is 2.76. The molecule has 0 aromatic carbocycles. The maximum atomic E-state index is 5.19. The number of hydrogen-bond acceptors (Lipinski definition) is 5. The second-order valence-electron chi connectivity index (χ2n) is 3.99. The van der Waals surface area contributed by atoms with Crippen molar-refractivity contribution in [3.63, 3.8) is 0 Å². The minimum Gasteiger partial charge on any atom is -0.442 e. The van der Waals surface area contributed by atoms with Crippen LogP contribution in [0.3, 0.4) is 0 Å². The number of hydrogen-bond donors (Lipinski definition) is 0. The molecule has 0 amide bonds. The lowest BCUT2D eigenvalue weighted by atomic mass is 10.1. The summed E-state index contributed by atoms with van der Waals surface area (Å²) in [6.07, 6.45) is 6.03. The Morgan fingerprint density at radius 2 is 2.31 bits per heavy atom. The van der Waals surface area contributed by atoms with Gasteiger partial charge in [-0.25, -0.2) is 15.0 Å². The second-order valence-corrected chi connectivity index (χ2v) is 3.99. The van der Waals surface area contributed by atoms with Crippen LogP contribution >= 0.6 is 0 Å². The van der Waals surface area contributed by atoms with Crippen LogP contribution < -0.4 is 0 Å². The molecule has 0 fully saturated rings. The van der Waals surface area contributed by atoms with Crippen molar-refractivity contribution in [3.05, 3.63) is 29.9 Å². The molecule has 16 heavy (non-hydrogen) atoms. The number of rotatable bonds is 1. The monoisotopic (exact) mass is 216 g/mol. The lowest BCUT2D eigenvalue weighted by Crippen LogP contribution is -2.27. The lowest BCUT2D eigenvalue weighted by Gasteiger charge is -2.23. The fourth-order valence-electron chi connectivity index (χ4n) is 1.87. The maximum Gasteiger partial charge on any atom is 0.264 e. The zero-order chi connectivity index (χ0) is 11.0. The van der Waals surface area contributed by atoms with Gasteiger partial charge in [-0.2, -0.15) is 0 Å². The summed E-state index contributed by atoms with van der Waals surface area (Å²) in [6, 6.07) is 0. The van der Waals surface area contributed by atoms with E-state index in [2.05, 4.69) is 26.9 Å². The van der Waals surface area contributed by atoms with Gasteiger partial charge < -0.3 is 9.32 Å². The largest absolute Gasteiger partial charge is 0.442 e. The van der Waals surface area contributed by atoms with Crippen LogP contribution in [0.15, 0.2) is 23.1 Å². The maximum absolute atomic E-state index is 5.19. The van der Waals surface area contributed by atoms with E-state index in [0.717, 1.165) is 25.2 Å². The first-order valence-corrected chi connectivity index (χ1v) is 5.26. The van der Waals surface area contributed by atoms with Crippen molar-refractivity contribution >= 4 is 0 Å². The predicted octanol–water partition coefficient (Wildman–Crippen LogP) is 1.12. The third kappa shape index (κ3) is 1.59. The summed E-state index contributed by atoms with van der Waals surface area (Å²) in [5.41, 5.74) is 2.31. The van der Waals surface area contributed by atoms with Gasteiger partial charge in [-0.3, -0.25) is 0 Å². The van der Waals surface area contributed by atoms with Gasteiger partial charge in [0.1, 0.15) is 6.26 Å². The summed E-state index contributed by atoms with van der Waals surface area (Å²) < 4.78 is 5.19. The van der Waals surface area contributed by atoms with Gasteiger partial charge in [0, 0.05) is 19.3 Å². The fourth-order valence-corrected chi connectivity index (χ4v) is 1.87. The first kappa shape index (κ1) is 9.47. The molecule has 5 heteroatoms. The summed E-state index contributed by atoms with van der Waals surface area (Å²) in [5.74, 6) is 1.05. The molecule has 3 rings (SSSR count). The molecule has 0 bridgehead atoms. The Morgan fingerprint density at radius 1 is 1.38 bits per heavy atom. The Labute approximate surface area is 93.2 Å². The normalized spacial score (nSPS) is 16.1. The minimum absolute atomic E-state index is 0.482. The fraction of sp³-hybridized carbons (Fsp3) is 0.364. The van der Waals surface area contributed by atoms with E-state index in [1.165, 1.54) is 11.8 Å². The van der Waals surface area contributed by atoms with Crippen molar-refractivity contribution < 1.29 is 4.42 Å². The SMILES string of the molecule is CN1CCc2cnc(-c3ncco3)nc2C1. The zero-order valence-corrected chi connectivity index (χ0v) is 9.05. The van der Waals surface area contributed by atoms with Crippen molar-refractivity contribution in [2.45, 2.75) is 13.0 Å². The van der Waals surface area contributed by atoms with E-state index in [4.69, 9.17) is 4.42 Å². The van der Waals surface area contributed by atoms with Gasteiger partial charge in [0.2, 0.25) is 5.82 Å². The van der Waals surface area contributed by atoms with Crippen LogP contribution in [-0.4, -0.2) is 33.4 Å². The summed E-state index contributed by atoms with van der Waals surface area (Å²) >= 11 is 0. The molecule has 0 unspecified atom stereocenters. The molecule has 3 heterocycles. The topological polar surface area (TPSA) is 55.1 Å². The van der Waals surface area contributed by atoms with Gasteiger partial charge in [-0.05, 0) is 19.0 Å². The Morgan fingerprint density at radius 3 is 3.12 bits per heavy atom. The van der Waals surface area contributed by atoms with Gasteiger partial charge >= 0.3 is 0 Å². The summed E-state index contributed by atoms with van der Waals surface area (Å²) in [5, 5.41) is 0. The molecule has 0 spiro atoms. The first-order valence-electron chi connectivity index (χ1n) is 5.26. The molecule has 0 N–H and O–H groups in total. The molecular formula is C11H12N4O. The quantitative estimate of drug-likeness (QED) is 0.715. The van der Waals surface area contributed by atoms with Crippen LogP contribution in [-0.2, 0) is 13.0 Å². The van der Waals surface area contributed by atoms with Gasteiger partial charge in [0.05, 0.1) is 11.9 Å². The molecule has 2 aromatic rings. The van der Waals surface area contributed by atoms with Gasteiger partial charge in [0.15, 0.2) is 0 Å². The van der Waals surface area contributed by atoms with Gasteiger partial charge in [0.25, 0.3) is 5.89 Å². The number of nitrogens with zero attached hydrogens (tertiary/aromatic N) is 4. The molecule has 1 aliphatic rings. The van der Waals surface area contributed by atoms with E-state index in [9.17, 15) is 0 Å². The van der Waals surface area contributed by atoms with Crippen molar-refractivity contribution in [1.29, 1.82) is 0 Å². The summed E-state index contributed by atoms with van der Waals surface area (Å²) in [4.78, 5) is 15.1. The van der Waals surface area contributed by atoms with E-state index < -0.39 is 0 Å². The highest BCUT2D eigenvalue weighted by molar-refractivity contribution is 5.41. The number of oxazole rings is 1. The minimum atomic E-state index is 0.482. The van der Waals surface area contributed by atoms with Crippen LogP contribution in [0.2, 0.25) is 0 Å². The average molecular weight is 216 g/mol. The number of aromatic nitrogens is 3. The molecule has 82 valence electrons. The number of likely N-dealkylation sites (N-methyl/N-ethyl adjacent to an activating group) is 1. The van der Waals surface area contributed by atoms with Crippen molar-refractivity contribution in [2.24, 2.45) is 0 Å². The van der Waals surface area contributed by atoms with E-state index in [-0.39, 0.29) is 0 Å².